The monoisotopic (exact) mass is 362 g/mol. The zero-order valence-electron chi connectivity index (χ0n) is 15.1. The van der Waals surface area contributed by atoms with Crippen molar-refractivity contribution in [2.45, 2.75) is 26.3 Å². The molecule has 3 aromatic rings. The Morgan fingerprint density at radius 3 is 2.67 bits per heavy atom. The number of hydrogen-bond acceptors (Lipinski definition) is 4. The topological polar surface area (TPSA) is 58.1 Å². The number of fused-ring (bicyclic) bond motifs is 1. The van der Waals surface area contributed by atoms with Crippen LogP contribution in [0.5, 0.6) is 0 Å². The number of carbonyl (C=O) groups excluding carboxylic acids is 1. The Morgan fingerprint density at radius 1 is 1.15 bits per heavy atom. The quantitative estimate of drug-likeness (QED) is 0.756. The zero-order chi connectivity index (χ0) is 19.0. The molecule has 1 amide bonds. The molecule has 2 aromatic carbocycles. The number of rotatable bonds is 3. The average Bonchev–Trinajstić information content (AvgIpc) is 2.98. The van der Waals surface area contributed by atoms with Gasteiger partial charge in [0.2, 0.25) is 0 Å². The fourth-order valence-corrected chi connectivity index (χ4v) is 3.42. The minimum absolute atomic E-state index is 0.0682. The molecule has 6 heteroatoms. The molecule has 1 atom stereocenters. The van der Waals surface area contributed by atoms with Crippen LogP contribution in [0.1, 0.15) is 28.8 Å². The first-order chi connectivity index (χ1) is 13.0. The predicted octanol–water partition coefficient (Wildman–Crippen LogP) is 4.26. The van der Waals surface area contributed by atoms with E-state index < -0.39 is 0 Å². The molecule has 1 aromatic heterocycles. The van der Waals surface area contributed by atoms with E-state index in [0.717, 1.165) is 17.7 Å². The Balaban J connectivity index is 1.65. The van der Waals surface area contributed by atoms with Crippen molar-refractivity contribution >= 4 is 23.1 Å². The molecule has 0 saturated heterocycles. The van der Waals surface area contributed by atoms with Gasteiger partial charge in [-0.15, -0.1) is 0 Å². The highest BCUT2D eigenvalue weighted by molar-refractivity contribution is 6.07. The van der Waals surface area contributed by atoms with Gasteiger partial charge in [0, 0.05) is 23.5 Å². The lowest BCUT2D eigenvalue weighted by molar-refractivity contribution is 0.0976. The first-order valence-electron chi connectivity index (χ1n) is 8.81. The van der Waals surface area contributed by atoms with E-state index in [9.17, 15) is 9.18 Å². The van der Waals surface area contributed by atoms with Gasteiger partial charge >= 0.3 is 0 Å². The third-order valence-corrected chi connectivity index (χ3v) is 4.60. The number of nitrogens with zero attached hydrogens (tertiary/aromatic N) is 3. The molecule has 1 aliphatic heterocycles. The summed E-state index contributed by atoms with van der Waals surface area (Å²) in [5.41, 5.74) is 3.11. The first kappa shape index (κ1) is 17.1. The summed E-state index contributed by atoms with van der Waals surface area (Å²) in [6, 6.07) is 15.6. The maximum absolute atomic E-state index is 13.2. The second-order valence-corrected chi connectivity index (χ2v) is 6.67. The van der Waals surface area contributed by atoms with E-state index in [1.54, 1.807) is 30.0 Å². The van der Waals surface area contributed by atoms with Crippen LogP contribution >= 0.6 is 0 Å². The number of amides is 1. The highest BCUT2D eigenvalue weighted by Crippen LogP contribution is 2.33. The van der Waals surface area contributed by atoms with E-state index in [0.29, 0.717) is 23.0 Å². The van der Waals surface area contributed by atoms with E-state index in [1.165, 1.54) is 12.1 Å². The predicted molar refractivity (Wildman–Crippen MR) is 103 cm³/mol. The van der Waals surface area contributed by atoms with E-state index in [2.05, 4.69) is 15.3 Å². The van der Waals surface area contributed by atoms with Gasteiger partial charge in [-0.05, 0) is 56.2 Å². The van der Waals surface area contributed by atoms with Crippen LogP contribution in [0, 0.1) is 12.7 Å². The van der Waals surface area contributed by atoms with Crippen molar-refractivity contribution < 1.29 is 9.18 Å². The standard InChI is InChI=1S/C21H19FN4O/c1-13-11-15-5-3-4-6-19(15)26(13)21(27)18-12-20(24-14(2)23-18)25-17-9-7-16(22)8-10-17/h3-10,12-13H,11H2,1-2H3,(H,23,24,25). The van der Waals surface area contributed by atoms with Crippen molar-refractivity contribution in [3.05, 3.63) is 77.5 Å². The summed E-state index contributed by atoms with van der Waals surface area (Å²) in [5.74, 6) is 0.528. The van der Waals surface area contributed by atoms with Gasteiger partial charge in [0.25, 0.3) is 5.91 Å². The number of nitrogens with one attached hydrogen (secondary N) is 1. The molecule has 136 valence electrons. The molecule has 1 N–H and O–H groups in total. The van der Waals surface area contributed by atoms with Crippen molar-refractivity contribution in [2.75, 3.05) is 10.2 Å². The lowest BCUT2D eigenvalue weighted by Gasteiger charge is -2.22. The van der Waals surface area contributed by atoms with Crippen LogP contribution in [0.25, 0.3) is 0 Å². The first-order valence-corrected chi connectivity index (χ1v) is 8.81. The highest BCUT2D eigenvalue weighted by atomic mass is 19.1. The SMILES string of the molecule is Cc1nc(Nc2ccc(F)cc2)cc(C(=O)N2c3ccccc3CC2C)n1. The molecule has 0 aliphatic carbocycles. The Labute approximate surface area is 156 Å². The van der Waals surface area contributed by atoms with Gasteiger partial charge in [-0.2, -0.15) is 0 Å². The van der Waals surface area contributed by atoms with E-state index >= 15 is 0 Å². The number of aromatic nitrogens is 2. The maximum Gasteiger partial charge on any atom is 0.277 e. The summed E-state index contributed by atoms with van der Waals surface area (Å²) >= 11 is 0. The molecular formula is C21H19FN4O. The number of benzene rings is 2. The second-order valence-electron chi connectivity index (χ2n) is 6.67. The molecule has 27 heavy (non-hydrogen) atoms. The summed E-state index contributed by atoms with van der Waals surface area (Å²) < 4.78 is 13.1. The van der Waals surface area contributed by atoms with E-state index in [-0.39, 0.29) is 17.8 Å². The minimum atomic E-state index is -0.308. The van der Waals surface area contributed by atoms with Crippen molar-refractivity contribution in [1.82, 2.24) is 9.97 Å². The Morgan fingerprint density at radius 2 is 1.89 bits per heavy atom. The van der Waals surface area contributed by atoms with Crippen molar-refractivity contribution in [1.29, 1.82) is 0 Å². The van der Waals surface area contributed by atoms with Gasteiger partial charge in [0.1, 0.15) is 23.2 Å². The van der Waals surface area contributed by atoms with Crippen LogP contribution in [0.4, 0.5) is 21.6 Å². The summed E-state index contributed by atoms with van der Waals surface area (Å²) in [4.78, 5) is 23.6. The molecule has 1 aliphatic rings. The van der Waals surface area contributed by atoms with Crippen molar-refractivity contribution in [2.24, 2.45) is 0 Å². The fraction of sp³-hybridized carbons (Fsp3) is 0.190. The normalized spacial score (nSPS) is 15.5. The van der Waals surface area contributed by atoms with Crippen LogP contribution in [-0.4, -0.2) is 21.9 Å². The molecule has 2 heterocycles. The molecule has 5 nitrogen and oxygen atoms in total. The smallest absolute Gasteiger partial charge is 0.277 e. The Bertz CT molecular complexity index is 1000. The molecular weight excluding hydrogens is 343 g/mol. The number of para-hydroxylation sites is 1. The van der Waals surface area contributed by atoms with Gasteiger partial charge < -0.3 is 10.2 Å². The van der Waals surface area contributed by atoms with E-state index in [1.807, 2.05) is 31.2 Å². The van der Waals surface area contributed by atoms with Crippen LogP contribution in [0.15, 0.2) is 54.6 Å². The summed E-state index contributed by atoms with van der Waals surface area (Å²) in [7, 11) is 0. The largest absolute Gasteiger partial charge is 0.340 e. The molecule has 0 fully saturated rings. The minimum Gasteiger partial charge on any atom is -0.340 e. The number of carbonyl (C=O) groups is 1. The number of aryl methyl sites for hydroxylation is 1. The third-order valence-electron chi connectivity index (χ3n) is 4.60. The summed E-state index contributed by atoms with van der Waals surface area (Å²) in [5, 5.41) is 3.10. The molecule has 0 saturated carbocycles. The van der Waals surface area contributed by atoms with Crippen LogP contribution < -0.4 is 10.2 Å². The van der Waals surface area contributed by atoms with Gasteiger partial charge in [0.05, 0.1) is 0 Å². The molecule has 0 radical (unpaired) electrons. The highest BCUT2D eigenvalue weighted by Gasteiger charge is 2.32. The van der Waals surface area contributed by atoms with Crippen LogP contribution in [0.3, 0.4) is 0 Å². The lowest BCUT2D eigenvalue weighted by Crippen LogP contribution is -2.36. The van der Waals surface area contributed by atoms with Crippen molar-refractivity contribution in [3.63, 3.8) is 0 Å². The third kappa shape index (κ3) is 3.38. The molecule has 1 unspecified atom stereocenters. The van der Waals surface area contributed by atoms with Crippen LogP contribution in [0.2, 0.25) is 0 Å². The van der Waals surface area contributed by atoms with Gasteiger partial charge in [0.15, 0.2) is 0 Å². The zero-order valence-corrected chi connectivity index (χ0v) is 15.1. The van der Waals surface area contributed by atoms with Gasteiger partial charge in [-0.3, -0.25) is 4.79 Å². The average molecular weight is 362 g/mol. The van der Waals surface area contributed by atoms with Gasteiger partial charge in [-0.1, -0.05) is 18.2 Å². The summed E-state index contributed by atoms with van der Waals surface area (Å²) in [6.45, 7) is 3.78. The number of hydrogen-bond donors (Lipinski definition) is 1. The van der Waals surface area contributed by atoms with Gasteiger partial charge in [-0.25, -0.2) is 14.4 Å². The van der Waals surface area contributed by atoms with Crippen LogP contribution in [-0.2, 0) is 6.42 Å². The molecule has 0 bridgehead atoms. The van der Waals surface area contributed by atoms with E-state index in [4.69, 9.17) is 0 Å². The molecule has 4 rings (SSSR count). The Kier molecular flexibility index (Phi) is 4.32. The second kappa shape index (κ2) is 6.79. The summed E-state index contributed by atoms with van der Waals surface area (Å²) in [6.07, 6.45) is 0.826. The molecule has 0 spiro atoms. The maximum atomic E-state index is 13.2. The van der Waals surface area contributed by atoms with Crippen molar-refractivity contribution in [3.8, 4) is 0 Å². The fourth-order valence-electron chi connectivity index (χ4n) is 3.42. The lowest BCUT2D eigenvalue weighted by atomic mass is 10.1. The number of halogens is 1. The Hall–Kier alpha value is -3.28. The number of anilines is 3.